The number of nitrogens with zero attached hydrogens (tertiary/aromatic N) is 5. The number of methoxy groups -OCH3 is 1. The molecule has 3 aliphatic heterocycles. The number of benzene rings is 1. The zero-order valence-electron chi connectivity index (χ0n) is 23.2. The Morgan fingerprint density at radius 2 is 1.95 bits per heavy atom. The van der Waals surface area contributed by atoms with E-state index in [0.29, 0.717) is 23.7 Å². The van der Waals surface area contributed by atoms with Gasteiger partial charge in [-0.2, -0.15) is 0 Å². The Balaban J connectivity index is 1.49. The number of primary amides is 1. The van der Waals surface area contributed by atoms with Crippen molar-refractivity contribution in [2.75, 3.05) is 46.5 Å². The average Bonchev–Trinajstić information content (AvgIpc) is 3.53. The average molecular weight is 553 g/mol. The van der Waals surface area contributed by atoms with E-state index in [1.54, 1.807) is 18.1 Å². The first-order valence-corrected chi connectivity index (χ1v) is 14.6. The van der Waals surface area contributed by atoms with Gasteiger partial charge in [-0.25, -0.2) is 0 Å². The first-order valence-electron chi connectivity index (χ1n) is 14.6. The Labute approximate surface area is 235 Å². The van der Waals surface area contributed by atoms with E-state index < -0.39 is 30.0 Å². The van der Waals surface area contributed by atoms with Crippen LogP contribution < -0.4 is 5.73 Å². The monoisotopic (exact) mass is 552 g/mol. The van der Waals surface area contributed by atoms with Crippen molar-refractivity contribution in [2.45, 2.75) is 75.0 Å². The number of nitrogens with two attached hydrogens (primary N) is 1. The first-order chi connectivity index (χ1) is 19.4. The fraction of sp³-hybridized carbons (Fsp3) is 0.690. The fourth-order valence-corrected chi connectivity index (χ4v) is 7.29. The highest BCUT2D eigenvalue weighted by atomic mass is 16.5. The van der Waals surface area contributed by atoms with Gasteiger partial charge < -0.3 is 25.0 Å². The molecule has 1 aromatic rings. The van der Waals surface area contributed by atoms with Gasteiger partial charge in [-0.3, -0.25) is 14.4 Å². The van der Waals surface area contributed by atoms with Crippen molar-refractivity contribution in [3.05, 3.63) is 45.3 Å². The van der Waals surface area contributed by atoms with Gasteiger partial charge in [0.2, 0.25) is 11.8 Å². The third kappa shape index (κ3) is 5.74. The minimum atomic E-state index is -0.772. The van der Waals surface area contributed by atoms with E-state index in [4.69, 9.17) is 20.7 Å². The highest BCUT2D eigenvalue weighted by Gasteiger charge is 2.53. The van der Waals surface area contributed by atoms with Gasteiger partial charge in [0.25, 0.3) is 0 Å². The number of ketones is 1. The molecule has 0 aromatic heterocycles. The summed E-state index contributed by atoms with van der Waals surface area (Å²) in [6, 6.07) is 4.41. The molecular weight excluding hydrogens is 512 g/mol. The van der Waals surface area contributed by atoms with Gasteiger partial charge in [-0.05, 0) is 73.3 Å². The van der Waals surface area contributed by atoms with E-state index >= 15 is 0 Å². The van der Waals surface area contributed by atoms with Crippen LogP contribution in [0.25, 0.3) is 10.4 Å². The third-order valence-corrected chi connectivity index (χ3v) is 9.37. The molecule has 0 radical (unpaired) electrons. The van der Waals surface area contributed by atoms with E-state index in [1.165, 1.54) is 0 Å². The summed E-state index contributed by atoms with van der Waals surface area (Å²) in [5.74, 6) is -1.21. The maximum Gasteiger partial charge on any atom is 0.249 e. The third-order valence-electron chi connectivity index (χ3n) is 9.37. The van der Waals surface area contributed by atoms with E-state index in [0.717, 1.165) is 70.1 Å². The summed E-state index contributed by atoms with van der Waals surface area (Å²) in [5, 5.41) is 3.85. The van der Waals surface area contributed by atoms with Crippen molar-refractivity contribution in [3.8, 4) is 0 Å². The first kappa shape index (κ1) is 28.5. The van der Waals surface area contributed by atoms with Crippen LogP contribution in [-0.2, 0) is 19.1 Å². The van der Waals surface area contributed by atoms with Crippen molar-refractivity contribution >= 4 is 17.6 Å². The predicted octanol–water partition coefficient (Wildman–Crippen LogP) is 3.13. The largest absolute Gasteiger partial charge is 0.383 e. The highest BCUT2D eigenvalue weighted by Crippen LogP contribution is 2.42. The van der Waals surface area contributed by atoms with Gasteiger partial charge in [0.05, 0.1) is 24.7 Å². The molecule has 5 rings (SSSR count). The molecule has 0 bridgehead atoms. The summed E-state index contributed by atoms with van der Waals surface area (Å²) in [6.45, 7) is 3.57. The second-order valence-electron chi connectivity index (χ2n) is 11.6. The number of ether oxygens (including phenoxy) is 2. The van der Waals surface area contributed by atoms with Crippen LogP contribution in [-0.4, -0.2) is 92.1 Å². The second-order valence-corrected chi connectivity index (χ2v) is 11.6. The number of azide groups is 1. The maximum absolute atomic E-state index is 14.5. The van der Waals surface area contributed by atoms with Crippen molar-refractivity contribution in [1.82, 2.24) is 9.80 Å². The maximum atomic E-state index is 14.5. The topological polar surface area (TPSA) is 151 Å². The van der Waals surface area contributed by atoms with Crippen LogP contribution in [0.2, 0.25) is 0 Å². The number of amides is 2. The minimum Gasteiger partial charge on any atom is -0.383 e. The smallest absolute Gasteiger partial charge is 0.249 e. The number of likely N-dealkylation sites (tertiary alicyclic amines) is 2. The van der Waals surface area contributed by atoms with Gasteiger partial charge >= 0.3 is 0 Å². The molecule has 4 fully saturated rings. The number of rotatable bonds is 9. The van der Waals surface area contributed by atoms with E-state index in [2.05, 4.69) is 14.9 Å². The lowest BCUT2D eigenvalue weighted by molar-refractivity contribution is -0.139. The molecular formula is C29H40N6O5. The molecule has 40 heavy (non-hydrogen) atoms. The molecule has 216 valence electrons. The number of hydrogen-bond acceptors (Lipinski definition) is 7. The minimum absolute atomic E-state index is 0.0277. The second kappa shape index (κ2) is 12.7. The normalized spacial score (nSPS) is 26.9. The van der Waals surface area contributed by atoms with Gasteiger partial charge in [0, 0.05) is 30.7 Å². The predicted molar refractivity (Wildman–Crippen MR) is 148 cm³/mol. The molecule has 1 saturated carbocycles. The molecule has 11 nitrogen and oxygen atoms in total. The highest BCUT2D eigenvalue weighted by molar-refractivity contribution is 5.99. The molecule has 2 N–H and O–H groups in total. The molecule has 2 amide bonds. The number of carbonyl (C=O) groups is 3. The Kier molecular flexibility index (Phi) is 9.05. The van der Waals surface area contributed by atoms with Crippen molar-refractivity contribution in [2.24, 2.45) is 16.8 Å². The summed E-state index contributed by atoms with van der Waals surface area (Å²) in [5.41, 5.74) is 17.1. The lowest BCUT2D eigenvalue weighted by atomic mass is 9.73. The zero-order chi connectivity index (χ0) is 28.2. The summed E-state index contributed by atoms with van der Waals surface area (Å²) >= 11 is 0. The van der Waals surface area contributed by atoms with Crippen LogP contribution in [0.4, 0.5) is 0 Å². The molecule has 4 atom stereocenters. The van der Waals surface area contributed by atoms with Crippen molar-refractivity contribution < 1.29 is 23.9 Å². The summed E-state index contributed by atoms with van der Waals surface area (Å²) in [6.07, 6.45) is 6.19. The van der Waals surface area contributed by atoms with Crippen LogP contribution in [0.15, 0.2) is 23.3 Å². The molecule has 1 aromatic carbocycles. The van der Waals surface area contributed by atoms with Gasteiger partial charge in [0.15, 0.2) is 5.78 Å². The Morgan fingerprint density at radius 3 is 2.62 bits per heavy atom. The van der Waals surface area contributed by atoms with Crippen LogP contribution in [0, 0.1) is 5.92 Å². The SMILES string of the molecule is COCCN1CCC(c2ccc(C(N)=O)c([C@@H](C(=O)N3C[C@H](N=[N+]=[N-])[C@H]4OCC(=O)[C@H]43)C3CCCCC3)c2)CC1. The number of fused-ring (bicyclic) bond motifs is 1. The van der Waals surface area contributed by atoms with Crippen molar-refractivity contribution in [3.63, 3.8) is 0 Å². The number of hydrogen-bond donors (Lipinski definition) is 1. The number of piperidine rings is 1. The molecule has 3 saturated heterocycles. The quantitative estimate of drug-likeness (QED) is 0.282. The van der Waals surface area contributed by atoms with Gasteiger partial charge in [-0.1, -0.05) is 36.5 Å². The van der Waals surface area contributed by atoms with Crippen molar-refractivity contribution in [1.29, 1.82) is 0 Å². The summed E-state index contributed by atoms with van der Waals surface area (Å²) in [7, 11) is 1.72. The molecule has 0 spiro atoms. The summed E-state index contributed by atoms with van der Waals surface area (Å²) in [4.78, 5) is 46.9. The number of Topliss-reactive ketones (excluding diaryl/α,β-unsaturated/α-hetero) is 1. The van der Waals surface area contributed by atoms with Gasteiger partial charge in [-0.15, -0.1) is 0 Å². The molecule has 1 aliphatic carbocycles. The molecule has 3 heterocycles. The lowest BCUT2D eigenvalue weighted by Gasteiger charge is -2.36. The zero-order valence-corrected chi connectivity index (χ0v) is 23.2. The summed E-state index contributed by atoms with van der Waals surface area (Å²) < 4.78 is 10.9. The van der Waals surface area contributed by atoms with Gasteiger partial charge in [0.1, 0.15) is 12.6 Å². The molecule has 4 aliphatic rings. The van der Waals surface area contributed by atoms with Crippen LogP contribution in [0.5, 0.6) is 0 Å². The van der Waals surface area contributed by atoms with E-state index in [9.17, 15) is 14.4 Å². The fourth-order valence-electron chi connectivity index (χ4n) is 7.29. The lowest BCUT2D eigenvalue weighted by Crippen LogP contribution is -2.46. The van der Waals surface area contributed by atoms with E-state index in [-0.39, 0.29) is 30.8 Å². The van der Waals surface area contributed by atoms with Crippen LogP contribution >= 0.6 is 0 Å². The van der Waals surface area contributed by atoms with Crippen LogP contribution in [0.3, 0.4) is 0 Å². The Hall–Kier alpha value is -2.98. The van der Waals surface area contributed by atoms with E-state index in [1.807, 2.05) is 12.1 Å². The Bertz CT molecular complexity index is 1160. The standard InChI is InChI=1S/C29H40N6O5/c1-39-14-13-34-11-9-18(10-12-34)20-7-8-21(28(30)37)22(15-20)25(19-5-3-2-4-6-19)29(38)35-16-23(32-33-31)27-26(35)24(36)17-40-27/h7-8,15,18-19,23,25-27H,2-6,9-14,16-17H2,1H3,(H2,30,37)/t23-,25-,26+,27+/m0/s1. The molecule has 11 heteroatoms. The van der Waals surface area contributed by atoms with Crippen LogP contribution in [0.1, 0.15) is 78.3 Å². The Morgan fingerprint density at radius 1 is 1.20 bits per heavy atom. The number of carbonyl (C=O) groups excluding carboxylic acids is 3. The molecule has 0 unspecified atom stereocenters.